The van der Waals surface area contributed by atoms with Gasteiger partial charge in [-0.2, -0.15) is 4.98 Å². The predicted octanol–water partition coefficient (Wildman–Crippen LogP) is 3.27. The number of aromatic nitrogens is 3. The van der Waals surface area contributed by atoms with Gasteiger partial charge < -0.3 is 0 Å². The number of H-pyrrole nitrogens is 1. The quantitative estimate of drug-likeness (QED) is 0.712. The first-order chi connectivity index (χ1) is 12.8. The third-order valence-corrected chi connectivity index (χ3v) is 7.02. The summed E-state index contributed by atoms with van der Waals surface area (Å²) in [7, 11) is -2.93. The molecule has 1 saturated heterocycles. The number of hydrogen-bond acceptors (Lipinski definition) is 5. The smallest absolute Gasteiger partial charge is 0.217 e. The van der Waals surface area contributed by atoms with Crippen LogP contribution in [0.25, 0.3) is 11.4 Å². The lowest BCUT2D eigenvalue weighted by molar-refractivity contribution is 0.137. The third kappa shape index (κ3) is 5.06. The molecule has 0 aliphatic carbocycles. The Balaban J connectivity index is 1.81. The summed E-state index contributed by atoms with van der Waals surface area (Å²) in [5, 5.41) is 3.29. The Labute approximate surface area is 166 Å². The van der Waals surface area contributed by atoms with Crippen LogP contribution >= 0.6 is 12.2 Å². The Morgan fingerprint density at radius 1 is 1.33 bits per heavy atom. The minimum atomic E-state index is -2.93. The summed E-state index contributed by atoms with van der Waals surface area (Å²) in [6.45, 7) is 7.76. The first kappa shape index (κ1) is 20.2. The lowest BCUT2D eigenvalue weighted by atomic mass is 10.1. The van der Waals surface area contributed by atoms with E-state index in [9.17, 15) is 8.42 Å². The van der Waals surface area contributed by atoms with Gasteiger partial charge in [-0.05, 0) is 36.5 Å². The van der Waals surface area contributed by atoms with Crippen molar-refractivity contribution in [3.05, 3.63) is 34.6 Å². The van der Waals surface area contributed by atoms with E-state index < -0.39 is 9.84 Å². The third-order valence-electron chi connectivity index (χ3n) is 4.96. The van der Waals surface area contributed by atoms with Crippen LogP contribution in [0.2, 0.25) is 0 Å². The molecule has 0 radical (unpaired) electrons. The average molecular weight is 409 g/mol. The van der Waals surface area contributed by atoms with E-state index in [4.69, 9.17) is 12.2 Å². The Hall–Kier alpha value is -1.51. The number of hydrogen-bond donors (Lipinski definition) is 1. The molecule has 1 aromatic heterocycles. The van der Waals surface area contributed by atoms with Gasteiger partial charge in [0.25, 0.3) is 0 Å². The Kier molecular flexibility index (Phi) is 6.18. The van der Waals surface area contributed by atoms with E-state index in [1.54, 1.807) is 0 Å². The Morgan fingerprint density at radius 3 is 2.59 bits per heavy atom. The van der Waals surface area contributed by atoms with Crippen LogP contribution < -0.4 is 0 Å². The van der Waals surface area contributed by atoms with E-state index in [0.717, 1.165) is 24.4 Å². The Bertz CT molecular complexity index is 929. The molecule has 0 spiro atoms. The van der Waals surface area contributed by atoms with Gasteiger partial charge in [-0.25, -0.2) is 13.1 Å². The summed E-state index contributed by atoms with van der Waals surface area (Å²) >= 11 is 5.45. The minimum absolute atomic E-state index is 0.0369. The first-order valence-electron chi connectivity index (χ1n) is 9.48. The lowest BCUT2D eigenvalue weighted by Crippen LogP contribution is -2.40. The molecule has 3 rings (SSSR count). The standard InChI is InChI=1S/C19H28N4O2S2/c1-4-15-5-7-16(8-6-15)18-20-19(26)23(21-18)13-22(11-14(2)3)17-9-10-27(24,25)12-17/h5-8,14,17H,4,9-13H2,1-3H3,(H,20,21,26). The zero-order valence-electron chi connectivity index (χ0n) is 16.2. The molecule has 2 aromatic rings. The number of aryl methyl sites for hydroxylation is 1. The van der Waals surface area contributed by atoms with Gasteiger partial charge in [0.05, 0.1) is 18.2 Å². The van der Waals surface area contributed by atoms with Gasteiger partial charge in [-0.1, -0.05) is 45.0 Å². The summed E-state index contributed by atoms with van der Waals surface area (Å²) in [5.74, 6) is 1.68. The number of nitrogens with one attached hydrogen (secondary N) is 1. The van der Waals surface area contributed by atoms with Crippen LogP contribution in [-0.2, 0) is 22.9 Å². The molecule has 8 heteroatoms. The van der Waals surface area contributed by atoms with Crippen molar-refractivity contribution in [1.29, 1.82) is 0 Å². The van der Waals surface area contributed by atoms with Crippen molar-refractivity contribution in [2.45, 2.75) is 46.3 Å². The molecule has 1 unspecified atom stereocenters. The van der Waals surface area contributed by atoms with E-state index in [0.29, 0.717) is 23.8 Å². The van der Waals surface area contributed by atoms with Crippen LogP contribution in [0, 0.1) is 10.7 Å². The predicted molar refractivity (Wildman–Crippen MR) is 111 cm³/mol. The van der Waals surface area contributed by atoms with E-state index in [1.807, 2.05) is 16.8 Å². The van der Waals surface area contributed by atoms with Crippen LogP contribution in [-0.4, -0.2) is 52.2 Å². The van der Waals surface area contributed by atoms with E-state index >= 15 is 0 Å². The second-order valence-electron chi connectivity index (χ2n) is 7.70. The van der Waals surface area contributed by atoms with E-state index in [1.165, 1.54) is 5.56 Å². The van der Waals surface area contributed by atoms with Crippen LogP contribution in [0.3, 0.4) is 0 Å². The molecule has 1 fully saturated rings. The molecule has 6 nitrogen and oxygen atoms in total. The van der Waals surface area contributed by atoms with Crippen LogP contribution in [0.5, 0.6) is 0 Å². The first-order valence-corrected chi connectivity index (χ1v) is 11.7. The monoisotopic (exact) mass is 408 g/mol. The van der Waals surface area contributed by atoms with Gasteiger partial charge >= 0.3 is 0 Å². The highest BCUT2D eigenvalue weighted by Crippen LogP contribution is 2.21. The van der Waals surface area contributed by atoms with Crippen molar-refractivity contribution in [2.75, 3.05) is 18.1 Å². The van der Waals surface area contributed by atoms with E-state index in [-0.39, 0.29) is 17.5 Å². The minimum Gasteiger partial charge on any atom is -0.280 e. The highest BCUT2D eigenvalue weighted by atomic mass is 32.2. The normalized spacial score (nSPS) is 19.2. The zero-order valence-corrected chi connectivity index (χ0v) is 17.8. The maximum absolute atomic E-state index is 11.9. The summed E-state index contributed by atoms with van der Waals surface area (Å²) in [6.07, 6.45) is 1.68. The molecule has 1 aliphatic rings. The molecule has 148 valence electrons. The summed E-state index contributed by atoms with van der Waals surface area (Å²) in [4.78, 5) is 6.72. The van der Waals surface area contributed by atoms with Crippen LogP contribution in [0.15, 0.2) is 24.3 Å². The number of sulfone groups is 1. The van der Waals surface area contributed by atoms with Gasteiger partial charge in [-0.15, -0.1) is 0 Å². The van der Waals surface area contributed by atoms with Crippen molar-refractivity contribution in [1.82, 2.24) is 19.7 Å². The molecular weight excluding hydrogens is 380 g/mol. The molecule has 0 bridgehead atoms. The largest absolute Gasteiger partial charge is 0.280 e. The van der Waals surface area contributed by atoms with Gasteiger partial charge in [-0.3, -0.25) is 10.00 Å². The second-order valence-corrected chi connectivity index (χ2v) is 10.3. The van der Waals surface area contributed by atoms with Crippen molar-refractivity contribution < 1.29 is 8.42 Å². The van der Waals surface area contributed by atoms with Gasteiger partial charge in [0.2, 0.25) is 4.77 Å². The average Bonchev–Trinajstić information content (AvgIpc) is 3.16. The fraction of sp³-hybridized carbons (Fsp3) is 0.579. The van der Waals surface area contributed by atoms with Gasteiger partial charge in [0, 0.05) is 18.2 Å². The molecule has 0 amide bonds. The highest BCUT2D eigenvalue weighted by Gasteiger charge is 2.32. The fourth-order valence-electron chi connectivity index (χ4n) is 3.52. The SMILES string of the molecule is CCc1ccc(-c2nc(=S)n(CN(CC(C)C)C3CCS(=O)(=O)C3)[nH]2)cc1. The van der Waals surface area contributed by atoms with E-state index in [2.05, 4.69) is 47.9 Å². The zero-order chi connectivity index (χ0) is 19.6. The maximum atomic E-state index is 11.9. The van der Waals surface area contributed by atoms with Crippen LogP contribution in [0.4, 0.5) is 0 Å². The molecule has 1 aromatic carbocycles. The number of rotatable bonds is 7. The molecule has 1 N–H and O–H groups in total. The second kappa shape index (κ2) is 8.24. The fourth-order valence-corrected chi connectivity index (χ4v) is 5.47. The molecule has 1 aliphatic heterocycles. The van der Waals surface area contributed by atoms with Gasteiger partial charge in [0.15, 0.2) is 15.7 Å². The summed E-state index contributed by atoms with van der Waals surface area (Å²) < 4.78 is 26.2. The molecule has 0 saturated carbocycles. The van der Waals surface area contributed by atoms with Crippen molar-refractivity contribution in [3.63, 3.8) is 0 Å². The Morgan fingerprint density at radius 2 is 2.04 bits per heavy atom. The number of aromatic amines is 1. The number of benzene rings is 1. The summed E-state index contributed by atoms with van der Waals surface area (Å²) in [6, 6.07) is 8.33. The van der Waals surface area contributed by atoms with Crippen molar-refractivity contribution in [2.24, 2.45) is 5.92 Å². The lowest BCUT2D eigenvalue weighted by Gasteiger charge is -2.29. The van der Waals surface area contributed by atoms with Crippen molar-refractivity contribution in [3.8, 4) is 11.4 Å². The number of nitrogens with zero attached hydrogens (tertiary/aromatic N) is 3. The summed E-state index contributed by atoms with van der Waals surface area (Å²) in [5.41, 5.74) is 2.28. The van der Waals surface area contributed by atoms with Crippen LogP contribution in [0.1, 0.15) is 32.8 Å². The highest BCUT2D eigenvalue weighted by molar-refractivity contribution is 7.91. The maximum Gasteiger partial charge on any atom is 0.217 e. The van der Waals surface area contributed by atoms with Crippen molar-refractivity contribution >= 4 is 22.1 Å². The topological polar surface area (TPSA) is 71.0 Å². The molecule has 2 heterocycles. The van der Waals surface area contributed by atoms with Gasteiger partial charge in [0.1, 0.15) is 0 Å². The molecular formula is C19H28N4O2S2. The molecule has 1 atom stereocenters. The molecule has 27 heavy (non-hydrogen) atoms.